The van der Waals surface area contributed by atoms with Gasteiger partial charge in [-0.25, -0.2) is 4.39 Å². The number of hydrogen-bond donors (Lipinski definition) is 0. The molecule has 3 heteroatoms. The summed E-state index contributed by atoms with van der Waals surface area (Å²) in [5, 5.41) is 0. The van der Waals surface area contributed by atoms with E-state index in [2.05, 4.69) is 20.5 Å². The van der Waals surface area contributed by atoms with Gasteiger partial charge >= 0.3 is 0 Å². The number of hydrogen-bond acceptors (Lipinski definition) is 0. The lowest BCUT2D eigenvalue weighted by atomic mass is 10.2. The molecule has 0 aliphatic heterocycles. The fraction of sp³-hybridized carbons (Fsp3) is 0.231. The van der Waals surface area contributed by atoms with E-state index in [-0.39, 0.29) is 5.82 Å². The Balaban J connectivity index is 2.69. The Morgan fingerprint density at radius 1 is 1.06 bits per heavy atom. The van der Waals surface area contributed by atoms with Crippen LogP contribution in [0.3, 0.4) is 0 Å². The van der Waals surface area contributed by atoms with E-state index in [0.29, 0.717) is 4.47 Å². The average Bonchev–Trinajstić information content (AvgIpc) is 2.53. The first kappa shape index (κ1) is 11.4. The second-order valence-electron chi connectivity index (χ2n) is 4.00. The molecule has 2 aromatic rings. The first-order chi connectivity index (χ1) is 7.50. The Hall–Kier alpha value is -1.09. The van der Waals surface area contributed by atoms with Crippen LogP contribution in [0.5, 0.6) is 0 Å². The van der Waals surface area contributed by atoms with E-state index in [1.54, 1.807) is 6.07 Å². The maximum Gasteiger partial charge on any atom is 0.139 e. The van der Waals surface area contributed by atoms with E-state index in [1.165, 1.54) is 0 Å². The number of aromatic nitrogens is 1. The maximum atomic E-state index is 13.6. The summed E-state index contributed by atoms with van der Waals surface area (Å²) in [4.78, 5) is 0. The fourth-order valence-corrected chi connectivity index (χ4v) is 2.38. The van der Waals surface area contributed by atoms with Crippen molar-refractivity contribution in [3.63, 3.8) is 0 Å². The van der Waals surface area contributed by atoms with Gasteiger partial charge in [-0.1, -0.05) is 0 Å². The summed E-state index contributed by atoms with van der Waals surface area (Å²) in [6.45, 7) is 6.02. The lowest BCUT2D eigenvalue weighted by molar-refractivity contribution is 0.619. The number of benzene rings is 1. The van der Waals surface area contributed by atoms with Crippen LogP contribution in [0.15, 0.2) is 28.7 Å². The van der Waals surface area contributed by atoms with Crippen LogP contribution in [0.2, 0.25) is 0 Å². The van der Waals surface area contributed by atoms with E-state index in [1.807, 2.05) is 39.0 Å². The van der Waals surface area contributed by atoms with Crippen LogP contribution in [-0.2, 0) is 0 Å². The molecule has 0 spiro atoms. The number of aryl methyl sites for hydroxylation is 3. The van der Waals surface area contributed by atoms with Crippen LogP contribution in [0.1, 0.15) is 17.0 Å². The smallest absolute Gasteiger partial charge is 0.139 e. The van der Waals surface area contributed by atoms with Gasteiger partial charge in [-0.2, -0.15) is 0 Å². The van der Waals surface area contributed by atoms with Crippen LogP contribution < -0.4 is 0 Å². The minimum absolute atomic E-state index is 0.229. The number of halogens is 2. The second-order valence-corrected chi connectivity index (χ2v) is 4.86. The van der Waals surface area contributed by atoms with Crippen LogP contribution in [0, 0.1) is 26.6 Å². The summed E-state index contributed by atoms with van der Waals surface area (Å²) in [7, 11) is 0. The van der Waals surface area contributed by atoms with Gasteiger partial charge in [0, 0.05) is 11.4 Å². The summed E-state index contributed by atoms with van der Waals surface area (Å²) in [6.07, 6.45) is 0. The van der Waals surface area contributed by atoms with Crippen molar-refractivity contribution in [2.45, 2.75) is 20.8 Å². The van der Waals surface area contributed by atoms with Crippen molar-refractivity contribution in [3.8, 4) is 5.69 Å². The molecule has 1 nitrogen and oxygen atoms in total. The molecule has 1 aromatic carbocycles. The molecule has 16 heavy (non-hydrogen) atoms. The van der Waals surface area contributed by atoms with Crippen LogP contribution in [0.25, 0.3) is 5.69 Å². The van der Waals surface area contributed by atoms with E-state index >= 15 is 0 Å². The molecule has 2 rings (SSSR count). The molecule has 0 N–H and O–H groups in total. The molecule has 0 fully saturated rings. The molecule has 0 atom stereocenters. The van der Waals surface area contributed by atoms with Crippen molar-refractivity contribution < 1.29 is 4.39 Å². The van der Waals surface area contributed by atoms with Gasteiger partial charge in [-0.3, -0.25) is 0 Å². The third-order valence-corrected chi connectivity index (χ3v) is 3.36. The summed E-state index contributed by atoms with van der Waals surface area (Å²) in [5.74, 6) is -0.229. The molecule has 0 radical (unpaired) electrons. The largest absolute Gasteiger partial charge is 0.318 e. The molecule has 0 bridgehead atoms. The van der Waals surface area contributed by atoms with Crippen LogP contribution in [0.4, 0.5) is 4.39 Å². The van der Waals surface area contributed by atoms with Crippen LogP contribution in [-0.4, -0.2) is 4.57 Å². The van der Waals surface area contributed by atoms with Crippen molar-refractivity contribution in [1.29, 1.82) is 0 Å². The van der Waals surface area contributed by atoms with Gasteiger partial charge in [0.15, 0.2) is 0 Å². The summed E-state index contributed by atoms with van der Waals surface area (Å²) in [5.41, 5.74) is 4.18. The van der Waals surface area contributed by atoms with Gasteiger partial charge in [-0.05, 0) is 66.5 Å². The highest BCUT2D eigenvalue weighted by atomic mass is 79.9. The van der Waals surface area contributed by atoms with Gasteiger partial charge in [0.2, 0.25) is 0 Å². The highest BCUT2D eigenvalue weighted by Gasteiger charge is 2.10. The summed E-state index contributed by atoms with van der Waals surface area (Å²) >= 11 is 3.20. The zero-order valence-electron chi connectivity index (χ0n) is 9.51. The Labute approximate surface area is 103 Å². The van der Waals surface area contributed by atoms with Gasteiger partial charge in [0.1, 0.15) is 5.82 Å². The standard InChI is InChI=1S/C13H13BrFN/c1-8-6-11(14)12(15)7-13(8)16-9(2)4-5-10(16)3/h4-7H,1-3H3. The normalized spacial score (nSPS) is 10.8. The molecule has 0 saturated heterocycles. The Bertz CT molecular complexity index is 524. The monoisotopic (exact) mass is 281 g/mol. The van der Waals surface area contributed by atoms with E-state index < -0.39 is 0 Å². The summed E-state index contributed by atoms with van der Waals surface area (Å²) in [6, 6.07) is 7.45. The molecule has 84 valence electrons. The third-order valence-electron chi connectivity index (χ3n) is 2.75. The molecule has 0 aliphatic carbocycles. The first-order valence-electron chi connectivity index (χ1n) is 5.11. The Morgan fingerprint density at radius 2 is 1.62 bits per heavy atom. The predicted molar refractivity (Wildman–Crippen MR) is 67.6 cm³/mol. The quantitative estimate of drug-likeness (QED) is 0.734. The van der Waals surface area contributed by atoms with Crippen molar-refractivity contribution >= 4 is 15.9 Å². The molecule has 0 saturated carbocycles. The topological polar surface area (TPSA) is 4.93 Å². The fourth-order valence-electron chi connectivity index (χ4n) is 1.93. The van der Waals surface area contributed by atoms with Crippen molar-refractivity contribution in [3.05, 3.63) is 51.5 Å². The van der Waals surface area contributed by atoms with Gasteiger partial charge in [0.25, 0.3) is 0 Å². The van der Waals surface area contributed by atoms with Gasteiger partial charge < -0.3 is 4.57 Å². The highest BCUT2D eigenvalue weighted by molar-refractivity contribution is 9.10. The average molecular weight is 282 g/mol. The number of nitrogens with zero attached hydrogens (tertiary/aromatic N) is 1. The second kappa shape index (κ2) is 4.06. The molecule has 0 amide bonds. The minimum Gasteiger partial charge on any atom is -0.318 e. The minimum atomic E-state index is -0.229. The lowest BCUT2D eigenvalue weighted by Crippen LogP contribution is -2.02. The van der Waals surface area contributed by atoms with Crippen molar-refractivity contribution in [2.75, 3.05) is 0 Å². The molecule has 1 heterocycles. The molecular weight excluding hydrogens is 269 g/mol. The van der Waals surface area contributed by atoms with Crippen molar-refractivity contribution in [1.82, 2.24) is 4.57 Å². The Morgan fingerprint density at radius 3 is 2.19 bits per heavy atom. The molecule has 0 aliphatic rings. The lowest BCUT2D eigenvalue weighted by Gasteiger charge is -2.13. The SMILES string of the molecule is Cc1cc(Br)c(F)cc1-n1c(C)ccc1C. The van der Waals surface area contributed by atoms with E-state index in [4.69, 9.17) is 0 Å². The third kappa shape index (κ3) is 1.80. The first-order valence-corrected chi connectivity index (χ1v) is 5.91. The maximum absolute atomic E-state index is 13.6. The van der Waals surface area contributed by atoms with Gasteiger partial charge in [-0.15, -0.1) is 0 Å². The van der Waals surface area contributed by atoms with Crippen molar-refractivity contribution in [2.24, 2.45) is 0 Å². The van der Waals surface area contributed by atoms with E-state index in [9.17, 15) is 4.39 Å². The number of rotatable bonds is 1. The Kier molecular flexibility index (Phi) is 2.89. The zero-order chi connectivity index (χ0) is 11.9. The highest BCUT2D eigenvalue weighted by Crippen LogP contribution is 2.25. The van der Waals surface area contributed by atoms with Gasteiger partial charge in [0.05, 0.1) is 10.2 Å². The molecule has 0 unspecified atom stereocenters. The zero-order valence-corrected chi connectivity index (χ0v) is 11.1. The molecular formula is C13H13BrFN. The van der Waals surface area contributed by atoms with E-state index in [0.717, 1.165) is 22.6 Å². The van der Waals surface area contributed by atoms with Crippen LogP contribution >= 0.6 is 15.9 Å². The summed E-state index contributed by atoms with van der Waals surface area (Å²) < 4.78 is 16.1. The molecule has 1 aromatic heterocycles. The predicted octanol–water partition coefficient (Wildman–Crippen LogP) is 4.30.